The zero-order valence-corrected chi connectivity index (χ0v) is 10.5. The van der Waals surface area contributed by atoms with Gasteiger partial charge in [0, 0.05) is 17.7 Å². The molecule has 1 aromatic rings. The van der Waals surface area contributed by atoms with Gasteiger partial charge in [0.1, 0.15) is 5.82 Å². The molecule has 0 saturated heterocycles. The quantitative estimate of drug-likeness (QED) is 0.648. The summed E-state index contributed by atoms with van der Waals surface area (Å²) in [6, 6.07) is 3.14. The SMILES string of the molecule is CC(N)C(=O)Nc1cc(CSCCO)ccn1. The number of carbonyl (C=O) groups excluding carboxylic acids is 1. The maximum atomic E-state index is 11.4. The lowest BCUT2D eigenvalue weighted by molar-refractivity contribution is -0.117. The van der Waals surface area contributed by atoms with Crippen LogP contribution in [-0.2, 0) is 10.5 Å². The Labute approximate surface area is 105 Å². The van der Waals surface area contributed by atoms with Crippen LogP contribution in [0.4, 0.5) is 5.82 Å². The molecule has 1 heterocycles. The summed E-state index contributed by atoms with van der Waals surface area (Å²) in [7, 11) is 0. The van der Waals surface area contributed by atoms with Crippen LogP contribution in [0.5, 0.6) is 0 Å². The Morgan fingerprint density at radius 3 is 3.12 bits per heavy atom. The Kier molecular flexibility index (Phi) is 5.96. The second-order valence-corrected chi connectivity index (χ2v) is 4.71. The normalized spacial score (nSPS) is 12.2. The van der Waals surface area contributed by atoms with E-state index in [1.165, 1.54) is 0 Å². The maximum Gasteiger partial charge on any atom is 0.242 e. The zero-order valence-electron chi connectivity index (χ0n) is 9.72. The van der Waals surface area contributed by atoms with Crippen molar-refractivity contribution >= 4 is 23.5 Å². The van der Waals surface area contributed by atoms with E-state index in [0.29, 0.717) is 11.6 Å². The molecule has 0 fully saturated rings. The maximum absolute atomic E-state index is 11.4. The van der Waals surface area contributed by atoms with E-state index >= 15 is 0 Å². The molecule has 0 radical (unpaired) electrons. The Morgan fingerprint density at radius 1 is 1.71 bits per heavy atom. The number of hydrogen-bond acceptors (Lipinski definition) is 5. The summed E-state index contributed by atoms with van der Waals surface area (Å²) in [5.41, 5.74) is 6.50. The number of anilines is 1. The van der Waals surface area contributed by atoms with Crippen molar-refractivity contribution < 1.29 is 9.90 Å². The van der Waals surface area contributed by atoms with Gasteiger partial charge in [-0.1, -0.05) is 0 Å². The van der Waals surface area contributed by atoms with Gasteiger partial charge in [0.15, 0.2) is 0 Å². The molecular formula is C11H17N3O2S. The summed E-state index contributed by atoms with van der Waals surface area (Å²) in [5, 5.41) is 11.3. The Morgan fingerprint density at radius 2 is 2.47 bits per heavy atom. The summed E-state index contributed by atoms with van der Waals surface area (Å²) in [6.07, 6.45) is 1.64. The Hall–Kier alpha value is -1.11. The van der Waals surface area contributed by atoms with E-state index in [-0.39, 0.29) is 12.5 Å². The highest BCUT2D eigenvalue weighted by Gasteiger charge is 2.08. The van der Waals surface area contributed by atoms with Gasteiger partial charge in [-0.05, 0) is 24.6 Å². The Bertz CT molecular complexity index is 371. The molecule has 1 rings (SSSR count). The predicted octanol–water partition coefficient (Wildman–Crippen LogP) is 0.593. The third-order valence-electron chi connectivity index (χ3n) is 1.99. The van der Waals surface area contributed by atoms with Gasteiger partial charge in [0.25, 0.3) is 0 Å². The van der Waals surface area contributed by atoms with Crippen LogP contribution in [0.15, 0.2) is 18.3 Å². The molecule has 0 bridgehead atoms. The van der Waals surface area contributed by atoms with Crippen molar-refractivity contribution in [2.24, 2.45) is 5.73 Å². The van der Waals surface area contributed by atoms with Crippen LogP contribution in [0.3, 0.4) is 0 Å². The van der Waals surface area contributed by atoms with E-state index in [1.807, 2.05) is 12.1 Å². The van der Waals surface area contributed by atoms with Crippen molar-refractivity contribution in [3.05, 3.63) is 23.9 Å². The highest BCUT2D eigenvalue weighted by molar-refractivity contribution is 7.98. The third kappa shape index (κ3) is 5.16. The molecule has 1 unspecified atom stereocenters. The average Bonchev–Trinajstić information content (AvgIpc) is 2.30. The first kappa shape index (κ1) is 14.0. The molecule has 0 saturated carbocycles. The predicted molar refractivity (Wildman–Crippen MR) is 69.8 cm³/mol. The smallest absolute Gasteiger partial charge is 0.242 e. The van der Waals surface area contributed by atoms with E-state index < -0.39 is 6.04 Å². The lowest BCUT2D eigenvalue weighted by atomic mass is 10.3. The number of rotatable bonds is 6. The second-order valence-electron chi connectivity index (χ2n) is 3.60. The summed E-state index contributed by atoms with van der Waals surface area (Å²) < 4.78 is 0. The van der Waals surface area contributed by atoms with Gasteiger partial charge in [0.2, 0.25) is 5.91 Å². The van der Waals surface area contributed by atoms with Gasteiger partial charge in [-0.2, -0.15) is 11.8 Å². The van der Waals surface area contributed by atoms with Crippen molar-refractivity contribution in [3.8, 4) is 0 Å². The van der Waals surface area contributed by atoms with Crippen LogP contribution in [0.25, 0.3) is 0 Å². The fourth-order valence-electron chi connectivity index (χ4n) is 1.13. The summed E-state index contributed by atoms with van der Waals surface area (Å²) >= 11 is 1.63. The first-order valence-corrected chi connectivity index (χ1v) is 6.49. The first-order valence-electron chi connectivity index (χ1n) is 5.33. The van der Waals surface area contributed by atoms with Gasteiger partial charge >= 0.3 is 0 Å². The van der Waals surface area contributed by atoms with Crippen molar-refractivity contribution in [1.29, 1.82) is 0 Å². The molecule has 0 spiro atoms. The van der Waals surface area contributed by atoms with Crippen LogP contribution in [0, 0.1) is 0 Å². The molecular weight excluding hydrogens is 238 g/mol. The Balaban J connectivity index is 2.56. The molecule has 1 amide bonds. The van der Waals surface area contributed by atoms with Crippen LogP contribution < -0.4 is 11.1 Å². The van der Waals surface area contributed by atoms with Gasteiger partial charge in [-0.3, -0.25) is 4.79 Å². The number of thioether (sulfide) groups is 1. The number of carbonyl (C=O) groups is 1. The molecule has 5 nitrogen and oxygen atoms in total. The van der Waals surface area contributed by atoms with E-state index in [9.17, 15) is 4.79 Å². The lowest BCUT2D eigenvalue weighted by Crippen LogP contribution is -2.32. The number of aliphatic hydroxyl groups is 1. The minimum Gasteiger partial charge on any atom is -0.396 e. The molecule has 1 aromatic heterocycles. The number of nitrogens with zero attached hydrogens (tertiary/aromatic N) is 1. The van der Waals surface area contributed by atoms with E-state index in [2.05, 4.69) is 10.3 Å². The zero-order chi connectivity index (χ0) is 12.7. The van der Waals surface area contributed by atoms with Crippen molar-refractivity contribution in [2.45, 2.75) is 18.7 Å². The molecule has 0 aliphatic heterocycles. The number of hydrogen-bond donors (Lipinski definition) is 3. The average molecular weight is 255 g/mol. The van der Waals surface area contributed by atoms with Gasteiger partial charge < -0.3 is 16.2 Å². The topological polar surface area (TPSA) is 88.2 Å². The molecule has 0 aliphatic carbocycles. The number of amides is 1. The number of nitrogens with one attached hydrogen (secondary N) is 1. The van der Waals surface area contributed by atoms with E-state index in [0.717, 1.165) is 11.3 Å². The minimum absolute atomic E-state index is 0.171. The fraction of sp³-hybridized carbons (Fsp3) is 0.455. The summed E-state index contributed by atoms with van der Waals surface area (Å²) in [6.45, 7) is 1.79. The highest BCUT2D eigenvalue weighted by atomic mass is 32.2. The van der Waals surface area contributed by atoms with Gasteiger partial charge in [0.05, 0.1) is 12.6 Å². The van der Waals surface area contributed by atoms with Gasteiger partial charge in [-0.15, -0.1) is 0 Å². The molecule has 0 aromatic carbocycles. The molecule has 17 heavy (non-hydrogen) atoms. The standard InChI is InChI=1S/C11H17N3O2S/c1-8(12)11(16)14-10-6-9(2-3-13-10)7-17-5-4-15/h2-3,6,8,15H,4-5,7,12H2,1H3,(H,13,14,16). The van der Waals surface area contributed by atoms with E-state index in [4.69, 9.17) is 10.8 Å². The van der Waals surface area contributed by atoms with Crippen molar-refractivity contribution in [3.63, 3.8) is 0 Å². The van der Waals surface area contributed by atoms with Crippen LogP contribution in [-0.4, -0.2) is 34.4 Å². The lowest BCUT2D eigenvalue weighted by Gasteiger charge is -2.08. The number of nitrogens with two attached hydrogens (primary N) is 1. The summed E-state index contributed by atoms with van der Waals surface area (Å²) in [4.78, 5) is 15.4. The minimum atomic E-state index is -0.552. The second kappa shape index (κ2) is 7.26. The van der Waals surface area contributed by atoms with Crippen molar-refractivity contribution in [2.75, 3.05) is 17.7 Å². The summed E-state index contributed by atoms with van der Waals surface area (Å²) in [5.74, 6) is 1.74. The molecule has 94 valence electrons. The van der Waals surface area contributed by atoms with Crippen LogP contribution in [0.1, 0.15) is 12.5 Å². The monoisotopic (exact) mass is 255 g/mol. The number of pyridine rings is 1. The number of aromatic nitrogens is 1. The largest absolute Gasteiger partial charge is 0.396 e. The molecule has 4 N–H and O–H groups in total. The van der Waals surface area contributed by atoms with Crippen molar-refractivity contribution in [1.82, 2.24) is 4.98 Å². The van der Waals surface area contributed by atoms with Crippen LogP contribution >= 0.6 is 11.8 Å². The van der Waals surface area contributed by atoms with E-state index in [1.54, 1.807) is 24.9 Å². The highest BCUT2D eigenvalue weighted by Crippen LogP contribution is 2.14. The van der Waals surface area contributed by atoms with Gasteiger partial charge in [-0.25, -0.2) is 4.98 Å². The number of aliphatic hydroxyl groups excluding tert-OH is 1. The molecule has 1 atom stereocenters. The fourth-order valence-corrected chi connectivity index (χ4v) is 1.82. The molecule has 0 aliphatic rings. The van der Waals surface area contributed by atoms with Crippen LogP contribution in [0.2, 0.25) is 0 Å². The first-order chi connectivity index (χ1) is 8.13. The molecule has 6 heteroatoms. The third-order valence-corrected chi connectivity index (χ3v) is 3.00.